The number of carbonyl (C=O) groups is 1. The molecule has 0 aromatic carbocycles. The lowest BCUT2D eigenvalue weighted by atomic mass is 10.2. The molecule has 1 amide bonds. The van der Waals surface area contributed by atoms with E-state index in [-0.39, 0.29) is 11.5 Å². The molecule has 0 bridgehead atoms. The third-order valence-electron chi connectivity index (χ3n) is 2.64. The molecule has 6 heteroatoms. The molecule has 0 saturated carbocycles. The molecule has 0 aliphatic heterocycles. The highest BCUT2D eigenvalue weighted by molar-refractivity contribution is 5.93. The van der Waals surface area contributed by atoms with Gasteiger partial charge in [0.2, 0.25) is 0 Å². The van der Waals surface area contributed by atoms with E-state index < -0.39 is 0 Å². The monoisotopic (exact) mass is 246 g/mol. The van der Waals surface area contributed by atoms with E-state index in [1.807, 2.05) is 0 Å². The fraction of sp³-hybridized carbons (Fsp3) is 0.250. The van der Waals surface area contributed by atoms with Crippen LogP contribution in [0.5, 0.6) is 0 Å². The SMILES string of the molecule is CN(Cc1ncc[nH]1)C(=O)c1ccn(C)c(=O)c1. The van der Waals surface area contributed by atoms with Gasteiger partial charge in [0, 0.05) is 44.3 Å². The lowest BCUT2D eigenvalue weighted by molar-refractivity contribution is 0.0781. The third-order valence-corrected chi connectivity index (χ3v) is 2.64. The number of aromatic amines is 1. The van der Waals surface area contributed by atoms with E-state index in [1.54, 1.807) is 38.8 Å². The van der Waals surface area contributed by atoms with Gasteiger partial charge in [0.25, 0.3) is 11.5 Å². The molecular formula is C12H14N4O2. The average Bonchev–Trinajstić information content (AvgIpc) is 2.84. The summed E-state index contributed by atoms with van der Waals surface area (Å²) < 4.78 is 1.42. The van der Waals surface area contributed by atoms with Crippen LogP contribution in [0, 0.1) is 0 Å². The fourth-order valence-corrected chi connectivity index (χ4v) is 1.58. The largest absolute Gasteiger partial charge is 0.347 e. The van der Waals surface area contributed by atoms with Gasteiger partial charge in [0.1, 0.15) is 5.82 Å². The molecule has 0 aliphatic rings. The molecule has 0 unspecified atom stereocenters. The summed E-state index contributed by atoms with van der Waals surface area (Å²) in [5.74, 6) is 0.499. The van der Waals surface area contributed by atoms with Gasteiger partial charge in [-0.3, -0.25) is 9.59 Å². The van der Waals surface area contributed by atoms with Crippen molar-refractivity contribution in [1.82, 2.24) is 19.4 Å². The Kier molecular flexibility index (Phi) is 3.27. The van der Waals surface area contributed by atoms with Crippen molar-refractivity contribution in [3.63, 3.8) is 0 Å². The second-order valence-electron chi connectivity index (χ2n) is 4.06. The van der Waals surface area contributed by atoms with Crippen molar-refractivity contribution in [2.45, 2.75) is 6.54 Å². The van der Waals surface area contributed by atoms with Gasteiger partial charge < -0.3 is 14.5 Å². The highest BCUT2D eigenvalue weighted by atomic mass is 16.2. The van der Waals surface area contributed by atoms with Gasteiger partial charge in [-0.2, -0.15) is 0 Å². The summed E-state index contributed by atoms with van der Waals surface area (Å²) in [6, 6.07) is 2.96. The van der Waals surface area contributed by atoms with E-state index in [2.05, 4.69) is 9.97 Å². The van der Waals surface area contributed by atoms with Crippen LogP contribution in [0.25, 0.3) is 0 Å². The lowest BCUT2D eigenvalue weighted by Gasteiger charge is -2.15. The summed E-state index contributed by atoms with van der Waals surface area (Å²) in [5.41, 5.74) is 0.180. The minimum atomic E-state index is -0.205. The highest BCUT2D eigenvalue weighted by Gasteiger charge is 2.13. The van der Waals surface area contributed by atoms with Crippen LogP contribution in [0.1, 0.15) is 16.2 Å². The summed E-state index contributed by atoms with van der Waals surface area (Å²) in [5, 5.41) is 0. The number of nitrogens with one attached hydrogen (secondary N) is 1. The minimum Gasteiger partial charge on any atom is -0.347 e. The van der Waals surface area contributed by atoms with E-state index in [4.69, 9.17) is 0 Å². The van der Waals surface area contributed by atoms with E-state index in [1.165, 1.54) is 15.5 Å². The van der Waals surface area contributed by atoms with Gasteiger partial charge in [-0.25, -0.2) is 4.98 Å². The number of aromatic nitrogens is 3. The van der Waals surface area contributed by atoms with Crippen molar-refractivity contribution in [2.75, 3.05) is 7.05 Å². The van der Waals surface area contributed by atoms with Gasteiger partial charge in [0.05, 0.1) is 6.54 Å². The first-order valence-corrected chi connectivity index (χ1v) is 5.48. The van der Waals surface area contributed by atoms with Crippen LogP contribution >= 0.6 is 0 Å². The van der Waals surface area contributed by atoms with E-state index >= 15 is 0 Å². The molecule has 0 atom stereocenters. The second kappa shape index (κ2) is 4.87. The average molecular weight is 246 g/mol. The zero-order valence-electron chi connectivity index (χ0n) is 10.3. The first-order chi connectivity index (χ1) is 8.58. The smallest absolute Gasteiger partial charge is 0.254 e. The molecule has 6 nitrogen and oxygen atoms in total. The standard InChI is InChI=1S/C12H14N4O2/c1-15-6-3-9(7-11(15)17)12(18)16(2)8-10-13-4-5-14-10/h3-7H,8H2,1-2H3,(H,13,14). The summed E-state index contributed by atoms with van der Waals surface area (Å²) in [4.78, 5) is 32.0. The number of hydrogen-bond donors (Lipinski definition) is 1. The third kappa shape index (κ3) is 2.48. The first-order valence-electron chi connectivity index (χ1n) is 5.48. The zero-order chi connectivity index (χ0) is 13.1. The van der Waals surface area contributed by atoms with Crippen LogP contribution in [0.4, 0.5) is 0 Å². The van der Waals surface area contributed by atoms with E-state index in [0.717, 1.165) is 0 Å². The number of pyridine rings is 1. The molecule has 2 aromatic rings. The molecule has 94 valence electrons. The Bertz CT molecular complexity index is 601. The molecule has 0 saturated heterocycles. The molecule has 0 fully saturated rings. The van der Waals surface area contributed by atoms with Crippen LogP contribution in [-0.2, 0) is 13.6 Å². The first kappa shape index (κ1) is 12.1. The fourth-order valence-electron chi connectivity index (χ4n) is 1.58. The number of imidazole rings is 1. The number of nitrogens with zero attached hydrogens (tertiary/aromatic N) is 3. The Morgan fingerprint density at radius 1 is 1.56 bits per heavy atom. The molecule has 0 spiro atoms. The van der Waals surface area contributed by atoms with Crippen LogP contribution in [0.15, 0.2) is 35.5 Å². The number of rotatable bonds is 3. The van der Waals surface area contributed by atoms with Gasteiger partial charge in [-0.1, -0.05) is 0 Å². The van der Waals surface area contributed by atoms with Crippen molar-refractivity contribution in [2.24, 2.45) is 7.05 Å². The van der Waals surface area contributed by atoms with Gasteiger partial charge in [0.15, 0.2) is 0 Å². The van der Waals surface area contributed by atoms with Crippen LogP contribution in [0.2, 0.25) is 0 Å². The summed E-state index contributed by atoms with van der Waals surface area (Å²) in [7, 11) is 3.31. The molecular weight excluding hydrogens is 232 g/mol. The van der Waals surface area contributed by atoms with Crippen molar-refractivity contribution in [3.05, 3.63) is 52.5 Å². The normalized spacial score (nSPS) is 10.3. The van der Waals surface area contributed by atoms with Crippen LogP contribution in [0.3, 0.4) is 0 Å². The molecule has 2 rings (SSSR count). The van der Waals surface area contributed by atoms with Crippen molar-refractivity contribution < 1.29 is 4.79 Å². The maximum absolute atomic E-state index is 12.1. The summed E-state index contributed by atoms with van der Waals surface area (Å²) in [6.45, 7) is 0.376. The Morgan fingerprint density at radius 3 is 2.94 bits per heavy atom. The zero-order valence-corrected chi connectivity index (χ0v) is 10.3. The predicted molar refractivity (Wildman–Crippen MR) is 66.1 cm³/mol. The Balaban J connectivity index is 2.15. The minimum absolute atomic E-state index is 0.202. The summed E-state index contributed by atoms with van der Waals surface area (Å²) in [6.07, 6.45) is 4.91. The topological polar surface area (TPSA) is 71.0 Å². The number of hydrogen-bond acceptors (Lipinski definition) is 3. The number of aryl methyl sites for hydroxylation is 1. The van der Waals surface area contributed by atoms with Crippen molar-refractivity contribution >= 4 is 5.91 Å². The van der Waals surface area contributed by atoms with Crippen LogP contribution in [-0.4, -0.2) is 32.4 Å². The maximum Gasteiger partial charge on any atom is 0.254 e. The molecule has 2 aromatic heterocycles. The predicted octanol–water partition coefficient (Wildman–Crippen LogP) is 0.381. The lowest BCUT2D eigenvalue weighted by Crippen LogP contribution is -2.28. The van der Waals surface area contributed by atoms with Crippen molar-refractivity contribution in [3.8, 4) is 0 Å². The van der Waals surface area contributed by atoms with E-state index in [9.17, 15) is 9.59 Å². The number of carbonyl (C=O) groups excluding carboxylic acids is 1. The molecule has 2 heterocycles. The van der Waals surface area contributed by atoms with Gasteiger partial charge in [-0.05, 0) is 6.07 Å². The Hall–Kier alpha value is -2.37. The summed E-state index contributed by atoms with van der Waals surface area (Å²) >= 11 is 0. The molecule has 18 heavy (non-hydrogen) atoms. The van der Waals surface area contributed by atoms with E-state index in [0.29, 0.717) is 17.9 Å². The number of amides is 1. The number of H-pyrrole nitrogens is 1. The quantitative estimate of drug-likeness (QED) is 0.851. The maximum atomic E-state index is 12.1. The Labute approximate surface area is 104 Å². The van der Waals surface area contributed by atoms with Gasteiger partial charge >= 0.3 is 0 Å². The molecule has 0 aliphatic carbocycles. The van der Waals surface area contributed by atoms with Crippen LogP contribution < -0.4 is 5.56 Å². The molecule has 0 radical (unpaired) electrons. The Morgan fingerprint density at radius 2 is 2.33 bits per heavy atom. The second-order valence-corrected chi connectivity index (χ2v) is 4.06. The molecule has 1 N–H and O–H groups in total. The van der Waals surface area contributed by atoms with Crippen molar-refractivity contribution in [1.29, 1.82) is 0 Å². The van der Waals surface area contributed by atoms with Gasteiger partial charge in [-0.15, -0.1) is 0 Å². The highest BCUT2D eigenvalue weighted by Crippen LogP contribution is 2.03.